The monoisotopic (exact) mass is 415 g/mol. The second-order valence-corrected chi connectivity index (χ2v) is 6.22. The van der Waals surface area contributed by atoms with Crippen molar-refractivity contribution in [2.45, 2.75) is 0 Å². The van der Waals surface area contributed by atoms with Gasteiger partial charge >= 0.3 is 0 Å². The van der Waals surface area contributed by atoms with Crippen molar-refractivity contribution >= 4 is 28.1 Å². The third-order valence-electron chi connectivity index (χ3n) is 3.70. The normalized spacial score (nSPS) is 11.0. The molecule has 0 N–H and O–H groups in total. The van der Waals surface area contributed by atoms with E-state index in [1.807, 2.05) is 34.8 Å². The summed E-state index contributed by atoms with van der Waals surface area (Å²) in [6, 6.07) is 16.4. The molecule has 23 heavy (non-hydrogen) atoms. The van der Waals surface area contributed by atoms with Crippen LogP contribution in [0.2, 0.25) is 0 Å². The summed E-state index contributed by atoms with van der Waals surface area (Å²) in [6.07, 6.45) is 3.53. The van der Waals surface area contributed by atoms with Gasteiger partial charge in [0.15, 0.2) is 0 Å². The molecule has 0 spiro atoms. The van der Waals surface area contributed by atoms with Gasteiger partial charge in [0.25, 0.3) is 0 Å². The van der Waals surface area contributed by atoms with Gasteiger partial charge in [-0.1, -0.05) is 6.07 Å². The Bertz CT molecular complexity index is 979. The number of aromatic nitrogens is 3. The summed E-state index contributed by atoms with van der Waals surface area (Å²) in [5.74, 6) is -0.252. The highest BCUT2D eigenvalue weighted by atomic mass is 127. The van der Waals surface area contributed by atoms with Gasteiger partial charge in [-0.25, -0.2) is 8.91 Å². The Kier molecular flexibility index (Phi) is 3.57. The Balaban J connectivity index is 2.07. The van der Waals surface area contributed by atoms with Gasteiger partial charge in [0.05, 0.1) is 5.52 Å². The highest BCUT2D eigenvalue weighted by Crippen LogP contribution is 2.35. The quantitative estimate of drug-likeness (QED) is 0.348. The first-order valence-corrected chi connectivity index (χ1v) is 8.15. The van der Waals surface area contributed by atoms with Gasteiger partial charge in [-0.3, -0.25) is 4.98 Å². The fourth-order valence-corrected chi connectivity index (χ4v) is 3.23. The first kappa shape index (κ1) is 14.3. The zero-order valence-electron chi connectivity index (χ0n) is 11.9. The standard InChI is InChI=1S/C18H11FIN3/c19-14-6-4-13(5-7-14)18-17(12-8-10-21-11-9-12)15-2-1-3-16(20)23(15)22-18/h1-11H. The average Bonchev–Trinajstić information content (AvgIpc) is 2.97. The van der Waals surface area contributed by atoms with Gasteiger partial charge < -0.3 is 0 Å². The first-order valence-electron chi connectivity index (χ1n) is 7.07. The molecule has 4 rings (SSSR count). The van der Waals surface area contributed by atoms with Gasteiger partial charge in [-0.15, -0.1) is 0 Å². The van der Waals surface area contributed by atoms with Crippen LogP contribution in [-0.2, 0) is 0 Å². The van der Waals surface area contributed by atoms with Crippen molar-refractivity contribution in [1.82, 2.24) is 14.6 Å². The molecule has 0 amide bonds. The summed E-state index contributed by atoms with van der Waals surface area (Å²) < 4.78 is 16.2. The van der Waals surface area contributed by atoms with Gasteiger partial charge in [-0.2, -0.15) is 5.10 Å². The molecule has 5 heteroatoms. The Morgan fingerprint density at radius 3 is 2.35 bits per heavy atom. The van der Waals surface area contributed by atoms with E-state index in [9.17, 15) is 4.39 Å². The summed E-state index contributed by atoms with van der Waals surface area (Å²) in [5.41, 5.74) is 4.80. The van der Waals surface area contributed by atoms with Crippen molar-refractivity contribution in [3.63, 3.8) is 0 Å². The van der Waals surface area contributed by atoms with Crippen LogP contribution in [0.1, 0.15) is 0 Å². The predicted molar refractivity (Wildman–Crippen MR) is 96.5 cm³/mol. The molecule has 3 nitrogen and oxygen atoms in total. The lowest BCUT2D eigenvalue weighted by atomic mass is 10.0. The minimum Gasteiger partial charge on any atom is -0.265 e. The molecule has 112 valence electrons. The molecule has 0 aliphatic carbocycles. The van der Waals surface area contributed by atoms with Crippen molar-refractivity contribution in [2.24, 2.45) is 0 Å². The largest absolute Gasteiger partial charge is 0.265 e. The molecule has 0 unspecified atom stereocenters. The van der Waals surface area contributed by atoms with E-state index >= 15 is 0 Å². The van der Waals surface area contributed by atoms with Crippen LogP contribution in [0.3, 0.4) is 0 Å². The van der Waals surface area contributed by atoms with Gasteiger partial charge in [0.2, 0.25) is 0 Å². The lowest BCUT2D eigenvalue weighted by Gasteiger charge is -2.03. The van der Waals surface area contributed by atoms with Crippen LogP contribution in [0.5, 0.6) is 0 Å². The van der Waals surface area contributed by atoms with Crippen LogP contribution in [0.4, 0.5) is 4.39 Å². The van der Waals surface area contributed by atoms with Crippen LogP contribution in [-0.4, -0.2) is 14.6 Å². The molecule has 0 saturated carbocycles. The lowest BCUT2D eigenvalue weighted by Crippen LogP contribution is -1.91. The Morgan fingerprint density at radius 1 is 0.870 bits per heavy atom. The van der Waals surface area contributed by atoms with Crippen LogP contribution in [0.15, 0.2) is 67.0 Å². The average molecular weight is 415 g/mol. The molecule has 0 radical (unpaired) electrons. The third-order valence-corrected chi connectivity index (χ3v) is 4.51. The SMILES string of the molecule is Fc1ccc(-c2nn3c(I)cccc3c2-c2ccncc2)cc1. The van der Waals surface area contributed by atoms with Crippen LogP contribution < -0.4 is 0 Å². The number of halogens is 2. The third kappa shape index (κ3) is 2.50. The van der Waals surface area contributed by atoms with Crippen molar-refractivity contribution in [3.8, 4) is 22.4 Å². The molecule has 0 fully saturated rings. The van der Waals surface area contributed by atoms with Crippen LogP contribution in [0.25, 0.3) is 27.9 Å². The maximum Gasteiger partial charge on any atom is 0.123 e. The van der Waals surface area contributed by atoms with E-state index in [0.717, 1.165) is 31.6 Å². The highest BCUT2D eigenvalue weighted by Gasteiger charge is 2.17. The van der Waals surface area contributed by atoms with E-state index < -0.39 is 0 Å². The minimum atomic E-state index is -0.252. The molecule has 0 aliphatic rings. The van der Waals surface area contributed by atoms with Crippen molar-refractivity contribution < 1.29 is 4.39 Å². The lowest BCUT2D eigenvalue weighted by molar-refractivity contribution is 0.628. The van der Waals surface area contributed by atoms with E-state index in [2.05, 4.69) is 27.6 Å². The summed E-state index contributed by atoms with van der Waals surface area (Å²) in [4.78, 5) is 4.09. The minimum absolute atomic E-state index is 0.252. The number of fused-ring (bicyclic) bond motifs is 1. The number of hydrogen-bond donors (Lipinski definition) is 0. The van der Waals surface area contributed by atoms with E-state index in [1.165, 1.54) is 12.1 Å². The molecule has 0 bridgehead atoms. The zero-order chi connectivity index (χ0) is 15.8. The maximum atomic E-state index is 13.3. The predicted octanol–water partition coefficient (Wildman–Crippen LogP) is 4.81. The Hall–Kier alpha value is -2.28. The summed E-state index contributed by atoms with van der Waals surface area (Å²) >= 11 is 2.26. The summed E-state index contributed by atoms with van der Waals surface area (Å²) in [6.45, 7) is 0. The molecule has 0 atom stereocenters. The fraction of sp³-hybridized carbons (Fsp3) is 0. The van der Waals surface area contributed by atoms with Gasteiger partial charge in [0, 0.05) is 23.5 Å². The Morgan fingerprint density at radius 2 is 1.61 bits per heavy atom. The number of rotatable bonds is 2. The number of benzene rings is 1. The van der Waals surface area contributed by atoms with Crippen LogP contribution >= 0.6 is 22.6 Å². The molecule has 1 aromatic carbocycles. The highest BCUT2D eigenvalue weighted by molar-refractivity contribution is 14.1. The fourth-order valence-electron chi connectivity index (χ4n) is 2.65. The van der Waals surface area contributed by atoms with Crippen molar-refractivity contribution in [2.75, 3.05) is 0 Å². The molecule has 0 aliphatic heterocycles. The Labute approximate surface area is 145 Å². The zero-order valence-corrected chi connectivity index (χ0v) is 14.1. The van der Waals surface area contributed by atoms with E-state index in [4.69, 9.17) is 5.10 Å². The number of nitrogens with zero attached hydrogens (tertiary/aromatic N) is 3. The smallest absolute Gasteiger partial charge is 0.123 e. The topological polar surface area (TPSA) is 30.2 Å². The number of pyridine rings is 2. The molecule has 3 heterocycles. The second-order valence-electron chi connectivity index (χ2n) is 5.11. The summed E-state index contributed by atoms with van der Waals surface area (Å²) in [7, 11) is 0. The molecule has 3 aromatic heterocycles. The first-order chi connectivity index (χ1) is 11.2. The van der Waals surface area contributed by atoms with E-state index in [0.29, 0.717) is 0 Å². The molecule has 4 aromatic rings. The molecular formula is C18H11FIN3. The van der Waals surface area contributed by atoms with Crippen molar-refractivity contribution in [3.05, 3.63) is 76.5 Å². The summed E-state index contributed by atoms with van der Waals surface area (Å²) in [5, 5.41) is 4.75. The van der Waals surface area contributed by atoms with Gasteiger partial charge in [0.1, 0.15) is 15.2 Å². The van der Waals surface area contributed by atoms with Crippen LogP contribution in [0, 0.1) is 9.52 Å². The van der Waals surface area contributed by atoms with E-state index in [-0.39, 0.29) is 5.82 Å². The van der Waals surface area contributed by atoms with Crippen molar-refractivity contribution in [1.29, 1.82) is 0 Å². The maximum absolute atomic E-state index is 13.3. The van der Waals surface area contributed by atoms with Gasteiger partial charge in [-0.05, 0) is 76.7 Å². The molecular weight excluding hydrogens is 404 g/mol. The van der Waals surface area contributed by atoms with E-state index in [1.54, 1.807) is 24.5 Å². The number of hydrogen-bond acceptors (Lipinski definition) is 2. The molecule has 0 saturated heterocycles. The second kappa shape index (κ2) is 5.73.